The molecule has 1 heterocycles. The maximum atomic E-state index is 9.61. The SMILES string of the molecule is Cc1cnc(SC(C)CC(C)(CO)NC2CC2)nc1. The number of hydrogen-bond donors (Lipinski definition) is 2. The molecule has 1 aromatic rings. The summed E-state index contributed by atoms with van der Waals surface area (Å²) in [6.45, 7) is 6.41. The quantitative estimate of drug-likeness (QED) is 0.592. The van der Waals surface area contributed by atoms with Crippen LogP contribution >= 0.6 is 11.8 Å². The number of aliphatic hydroxyl groups is 1. The van der Waals surface area contributed by atoms with Crippen LogP contribution in [0, 0.1) is 6.92 Å². The normalized spacial score (nSPS) is 20.0. The number of thioether (sulfide) groups is 1. The lowest BCUT2D eigenvalue weighted by Gasteiger charge is -2.31. The lowest BCUT2D eigenvalue weighted by Crippen LogP contribution is -2.48. The molecular formula is C14H23N3OS. The summed E-state index contributed by atoms with van der Waals surface area (Å²) in [6.07, 6.45) is 7.06. The zero-order valence-electron chi connectivity index (χ0n) is 11.9. The predicted octanol–water partition coefficient (Wildman–Crippen LogP) is 2.16. The Hall–Kier alpha value is -0.650. The first-order valence-corrected chi connectivity index (χ1v) is 7.72. The Morgan fingerprint density at radius 2 is 2.11 bits per heavy atom. The third kappa shape index (κ3) is 4.75. The van der Waals surface area contributed by atoms with Crippen LogP contribution in [0.25, 0.3) is 0 Å². The van der Waals surface area contributed by atoms with E-state index in [0.717, 1.165) is 17.1 Å². The van der Waals surface area contributed by atoms with Crippen molar-refractivity contribution in [2.24, 2.45) is 0 Å². The molecule has 1 aliphatic carbocycles. The van der Waals surface area contributed by atoms with Crippen molar-refractivity contribution in [1.82, 2.24) is 15.3 Å². The van der Waals surface area contributed by atoms with E-state index in [1.54, 1.807) is 11.8 Å². The minimum atomic E-state index is -0.196. The summed E-state index contributed by atoms with van der Waals surface area (Å²) in [5.74, 6) is 0. The third-order valence-electron chi connectivity index (χ3n) is 3.28. The highest BCUT2D eigenvalue weighted by Crippen LogP contribution is 2.29. The van der Waals surface area contributed by atoms with Crippen molar-refractivity contribution in [2.45, 2.75) is 62.0 Å². The molecule has 1 saturated carbocycles. The van der Waals surface area contributed by atoms with Crippen LogP contribution in [0.15, 0.2) is 17.6 Å². The van der Waals surface area contributed by atoms with Gasteiger partial charge in [-0.25, -0.2) is 9.97 Å². The summed E-state index contributed by atoms with van der Waals surface area (Å²) in [7, 11) is 0. The maximum absolute atomic E-state index is 9.61. The fraction of sp³-hybridized carbons (Fsp3) is 0.714. The Morgan fingerprint density at radius 1 is 1.47 bits per heavy atom. The van der Waals surface area contributed by atoms with Crippen molar-refractivity contribution in [2.75, 3.05) is 6.61 Å². The minimum Gasteiger partial charge on any atom is -0.394 e. The topological polar surface area (TPSA) is 58.0 Å². The highest BCUT2D eigenvalue weighted by molar-refractivity contribution is 7.99. The van der Waals surface area contributed by atoms with Crippen LogP contribution in [-0.2, 0) is 0 Å². The first kappa shape index (κ1) is 14.8. The van der Waals surface area contributed by atoms with Crippen molar-refractivity contribution in [3.63, 3.8) is 0 Å². The van der Waals surface area contributed by atoms with Gasteiger partial charge in [-0.15, -0.1) is 0 Å². The number of aliphatic hydroxyl groups excluding tert-OH is 1. The highest BCUT2D eigenvalue weighted by Gasteiger charge is 2.33. The van der Waals surface area contributed by atoms with E-state index >= 15 is 0 Å². The summed E-state index contributed by atoms with van der Waals surface area (Å²) in [5, 5.41) is 14.3. The molecule has 106 valence electrons. The molecule has 2 unspecified atom stereocenters. The molecule has 0 aromatic carbocycles. The van der Waals surface area contributed by atoms with Crippen LogP contribution < -0.4 is 5.32 Å². The van der Waals surface area contributed by atoms with Gasteiger partial charge in [0.15, 0.2) is 5.16 Å². The van der Waals surface area contributed by atoms with E-state index in [0.29, 0.717) is 11.3 Å². The molecular weight excluding hydrogens is 258 g/mol. The van der Waals surface area contributed by atoms with Crippen molar-refractivity contribution in [1.29, 1.82) is 0 Å². The van der Waals surface area contributed by atoms with Crippen LogP contribution in [-0.4, -0.2) is 38.5 Å². The second kappa shape index (κ2) is 6.20. The van der Waals surface area contributed by atoms with Gasteiger partial charge in [-0.05, 0) is 38.7 Å². The molecule has 2 rings (SSSR count). The Labute approximate surface area is 119 Å². The van der Waals surface area contributed by atoms with Crippen LogP contribution in [0.4, 0.5) is 0 Å². The van der Waals surface area contributed by atoms with E-state index in [9.17, 15) is 5.11 Å². The summed E-state index contributed by atoms with van der Waals surface area (Å²) in [4.78, 5) is 8.63. The lowest BCUT2D eigenvalue weighted by molar-refractivity contribution is 0.164. The number of rotatable bonds is 7. The first-order valence-electron chi connectivity index (χ1n) is 6.84. The molecule has 0 saturated heterocycles. The fourth-order valence-electron chi connectivity index (χ4n) is 2.19. The number of nitrogens with one attached hydrogen (secondary N) is 1. The van der Waals surface area contributed by atoms with E-state index in [1.807, 2.05) is 19.3 Å². The predicted molar refractivity (Wildman–Crippen MR) is 78.4 cm³/mol. The Morgan fingerprint density at radius 3 is 2.63 bits per heavy atom. The van der Waals surface area contributed by atoms with E-state index in [-0.39, 0.29) is 12.1 Å². The molecule has 1 fully saturated rings. The second-order valence-electron chi connectivity index (χ2n) is 5.81. The molecule has 0 spiro atoms. The van der Waals surface area contributed by atoms with Gasteiger partial charge < -0.3 is 10.4 Å². The van der Waals surface area contributed by atoms with Crippen LogP contribution in [0.1, 0.15) is 38.7 Å². The molecule has 19 heavy (non-hydrogen) atoms. The molecule has 2 atom stereocenters. The average molecular weight is 281 g/mol. The standard InChI is InChI=1S/C14H23N3OS/c1-10-7-15-13(16-8-10)19-11(2)6-14(3,9-18)17-12-4-5-12/h7-8,11-12,17-18H,4-6,9H2,1-3H3. The largest absolute Gasteiger partial charge is 0.394 e. The summed E-state index contributed by atoms with van der Waals surface area (Å²) in [5.41, 5.74) is 0.880. The Balaban J connectivity index is 1.87. The van der Waals surface area contributed by atoms with E-state index < -0.39 is 0 Å². The molecule has 5 heteroatoms. The van der Waals surface area contributed by atoms with Crippen molar-refractivity contribution in [3.8, 4) is 0 Å². The van der Waals surface area contributed by atoms with E-state index in [1.165, 1.54) is 12.8 Å². The molecule has 1 aromatic heterocycles. The Bertz CT molecular complexity index is 408. The molecule has 2 N–H and O–H groups in total. The second-order valence-corrected chi connectivity index (χ2v) is 7.22. The monoisotopic (exact) mass is 281 g/mol. The van der Waals surface area contributed by atoms with Gasteiger partial charge in [0, 0.05) is 29.2 Å². The highest BCUT2D eigenvalue weighted by atomic mass is 32.2. The zero-order valence-corrected chi connectivity index (χ0v) is 12.7. The van der Waals surface area contributed by atoms with Gasteiger partial charge >= 0.3 is 0 Å². The lowest BCUT2D eigenvalue weighted by atomic mass is 9.97. The van der Waals surface area contributed by atoms with E-state index in [2.05, 4.69) is 29.1 Å². The molecule has 0 radical (unpaired) electrons. The summed E-state index contributed by atoms with van der Waals surface area (Å²) >= 11 is 1.67. The maximum Gasteiger partial charge on any atom is 0.187 e. The van der Waals surface area contributed by atoms with Gasteiger partial charge in [0.25, 0.3) is 0 Å². The van der Waals surface area contributed by atoms with Gasteiger partial charge in [0.05, 0.1) is 6.61 Å². The molecule has 0 bridgehead atoms. The van der Waals surface area contributed by atoms with Gasteiger partial charge in [-0.1, -0.05) is 18.7 Å². The molecule has 0 amide bonds. The zero-order chi connectivity index (χ0) is 13.9. The first-order chi connectivity index (χ1) is 9.00. The minimum absolute atomic E-state index is 0.170. The van der Waals surface area contributed by atoms with Gasteiger partial charge in [0.2, 0.25) is 0 Å². The van der Waals surface area contributed by atoms with Gasteiger partial charge in [-0.3, -0.25) is 0 Å². The van der Waals surface area contributed by atoms with Crippen LogP contribution in [0.2, 0.25) is 0 Å². The van der Waals surface area contributed by atoms with Gasteiger partial charge in [0.1, 0.15) is 0 Å². The van der Waals surface area contributed by atoms with Crippen LogP contribution in [0.3, 0.4) is 0 Å². The van der Waals surface area contributed by atoms with Gasteiger partial charge in [-0.2, -0.15) is 0 Å². The smallest absolute Gasteiger partial charge is 0.187 e. The summed E-state index contributed by atoms with van der Waals surface area (Å²) < 4.78 is 0. The molecule has 1 aliphatic rings. The van der Waals surface area contributed by atoms with Crippen molar-refractivity contribution >= 4 is 11.8 Å². The van der Waals surface area contributed by atoms with E-state index in [4.69, 9.17) is 0 Å². The molecule has 0 aliphatic heterocycles. The van der Waals surface area contributed by atoms with Crippen LogP contribution in [0.5, 0.6) is 0 Å². The number of aryl methyl sites for hydroxylation is 1. The number of hydrogen-bond acceptors (Lipinski definition) is 5. The van der Waals surface area contributed by atoms with Crippen molar-refractivity contribution in [3.05, 3.63) is 18.0 Å². The van der Waals surface area contributed by atoms with Crippen molar-refractivity contribution < 1.29 is 5.11 Å². The molecule has 4 nitrogen and oxygen atoms in total. The fourth-order valence-corrected chi connectivity index (χ4v) is 3.23. The average Bonchev–Trinajstić information content (AvgIpc) is 3.15. The number of nitrogens with zero attached hydrogens (tertiary/aromatic N) is 2. The third-order valence-corrected chi connectivity index (χ3v) is 4.27. The Kier molecular flexibility index (Phi) is 4.81. The summed E-state index contributed by atoms with van der Waals surface area (Å²) in [6, 6.07) is 0.602. The number of aromatic nitrogens is 2.